The van der Waals surface area contributed by atoms with Crippen LogP contribution in [0.2, 0.25) is 0 Å². The van der Waals surface area contributed by atoms with E-state index in [9.17, 15) is 0 Å². The van der Waals surface area contributed by atoms with Crippen molar-refractivity contribution in [2.45, 2.75) is 37.6 Å². The van der Waals surface area contributed by atoms with Gasteiger partial charge >= 0.3 is 0 Å². The van der Waals surface area contributed by atoms with Crippen LogP contribution in [0.5, 0.6) is 10.9 Å². The zero-order valence-corrected chi connectivity index (χ0v) is 16.5. The molecule has 3 aromatic rings. The summed E-state index contributed by atoms with van der Waals surface area (Å²) in [5.41, 5.74) is 2.67. The van der Waals surface area contributed by atoms with Gasteiger partial charge in [-0.05, 0) is 69.0 Å². The van der Waals surface area contributed by atoms with E-state index in [0.717, 1.165) is 35.4 Å². The Morgan fingerprint density at radius 1 is 1.15 bits per heavy atom. The first-order chi connectivity index (χ1) is 13.2. The maximum absolute atomic E-state index is 9.04. The zero-order chi connectivity index (χ0) is 18.7. The molecule has 0 unspecified atom stereocenters. The summed E-state index contributed by atoms with van der Waals surface area (Å²) in [7, 11) is 2.19. The van der Waals surface area contributed by atoms with E-state index in [2.05, 4.69) is 35.1 Å². The molecule has 2 aromatic carbocycles. The van der Waals surface area contributed by atoms with Crippen LogP contribution in [0.3, 0.4) is 0 Å². The molecular formula is C22H26N2O2S. The highest BCUT2D eigenvalue weighted by Gasteiger charge is 2.45. The van der Waals surface area contributed by atoms with Crippen LogP contribution in [-0.2, 0) is 6.42 Å². The van der Waals surface area contributed by atoms with Gasteiger partial charge in [0.2, 0.25) is 0 Å². The van der Waals surface area contributed by atoms with Crippen molar-refractivity contribution in [3.05, 3.63) is 54.1 Å². The lowest BCUT2D eigenvalue weighted by molar-refractivity contribution is 0.184. The van der Waals surface area contributed by atoms with Gasteiger partial charge < -0.3 is 14.7 Å². The molecule has 142 valence electrons. The molecule has 1 N–H and O–H groups in total. The van der Waals surface area contributed by atoms with E-state index < -0.39 is 0 Å². The van der Waals surface area contributed by atoms with E-state index in [-0.39, 0.29) is 6.61 Å². The lowest BCUT2D eigenvalue weighted by Gasteiger charge is -2.28. The molecule has 0 amide bonds. The Morgan fingerprint density at radius 3 is 2.63 bits per heavy atom. The fraction of sp³-hybridized carbons (Fsp3) is 0.409. The Morgan fingerprint density at radius 2 is 1.93 bits per heavy atom. The molecule has 1 heterocycles. The number of benzene rings is 2. The van der Waals surface area contributed by atoms with Crippen molar-refractivity contribution in [3.8, 4) is 10.9 Å². The van der Waals surface area contributed by atoms with Crippen molar-refractivity contribution in [3.63, 3.8) is 0 Å². The predicted octanol–water partition coefficient (Wildman–Crippen LogP) is 4.87. The fourth-order valence-electron chi connectivity index (χ4n) is 3.61. The van der Waals surface area contributed by atoms with Gasteiger partial charge in [-0.2, -0.15) is 0 Å². The van der Waals surface area contributed by atoms with E-state index in [1.165, 1.54) is 24.8 Å². The predicted molar refractivity (Wildman–Crippen MR) is 111 cm³/mol. The zero-order valence-electron chi connectivity index (χ0n) is 15.7. The normalized spacial score (nSPS) is 15.4. The van der Waals surface area contributed by atoms with Crippen LogP contribution in [0.25, 0.3) is 10.2 Å². The van der Waals surface area contributed by atoms with Crippen molar-refractivity contribution in [1.29, 1.82) is 0 Å². The van der Waals surface area contributed by atoms with Crippen molar-refractivity contribution in [1.82, 2.24) is 9.88 Å². The molecule has 4 nitrogen and oxygen atoms in total. The van der Waals surface area contributed by atoms with E-state index in [0.29, 0.717) is 10.7 Å². The number of aromatic nitrogens is 1. The summed E-state index contributed by atoms with van der Waals surface area (Å²) >= 11 is 1.57. The molecule has 0 radical (unpaired) electrons. The van der Waals surface area contributed by atoms with Gasteiger partial charge in [0.05, 0.1) is 10.2 Å². The summed E-state index contributed by atoms with van der Waals surface area (Å²) in [6.07, 6.45) is 5.65. The minimum absolute atomic E-state index is 0.274. The monoisotopic (exact) mass is 382 g/mol. The summed E-state index contributed by atoms with van der Waals surface area (Å²) in [6.45, 7) is 1.25. The molecule has 1 fully saturated rings. The molecule has 1 saturated carbocycles. The SMILES string of the molecule is CN(CCCO)C1(CCc2ccc(Oc3nc4ccccc4s3)cc2)CC1. The van der Waals surface area contributed by atoms with E-state index in [1.54, 1.807) is 11.3 Å². The number of hydrogen-bond donors (Lipinski definition) is 1. The van der Waals surface area contributed by atoms with Crippen LogP contribution < -0.4 is 4.74 Å². The molecule has 27 heavy (non-hydrogen) atoms. The van der Waals surface area contributed by atoms with Crippen molar-refractivity contribution in [2.24, 2.45) is 0 Å². The summed E-state index contributed by atoms with van der Waals surface area (Å²) in [5.74, 6) is 0.832. The highest BCUT2D eigenvalue weighted by Crippen LogP contribution is 2.44. The third-order valence-corrected chi connectivity index (χ3v) is 6.48. The number of para-hydroxylation sites is 1. The average molecular weight is 383 g/mol. The Labute approximate surface area is 164 Å². The molecule has 0 aliphatic heterocycles. The summed E-state index contributed by atoms with van der Waals surface area (Å²) in [5, 5.41) is 9.73. The fourth-order valence-corrected chi connectivity index (χ4v) is 4.44. The molecule has 1 aliphatic rings. The Bertz CT molecular complexity index is 854. The summed E-state index contributed by atoms with van der Waals surface area (Å²) in [4.78, 5) is 6.96. The van der Waals surface area contributed by atoms with Gasteiger partial charge in [0.15, 0.2) is 0 Å². The van der Waals surface area contributed by atoms with Crippen LogP contribution >= 0.6 is 11.3 Å². The lowest BCUT2D eigenvalue weighted by Crippen LogP contribution is -2.35. The minimum Gasteiger partial charge on any atom is -0.431 e. The maximum Gasteiger partial charge on any atom is 0.279 e. The second-order valence-corrected chi connectivity index (χ2v) is 8.41. The van der Waals surface area contributed by atoms with E-state index in [1.807, 2.05) is 30.3 Å². The van der Waals surface area contributed by atoms with Crippen molar-refractivity contribution in [2.75, 3.05) is 20.2 Å². The van der Waals surface area contributed by atoms with Crippen LogP contribution in [0.1, 0.15) is 31.2 Å². The first-order valence-corrected chi connectivity index (χ1v) is 10.4. The van der Waals surface area contributed by atoms with Crippen LogP contribution in [0.4, 0.5) is 0 Å². The number of ether oxygens (including phenoxy) is 1. The third kappa shape index (κ3) is 4.32. The molecule has 4 rings (SSSR count). The lowest BCUT2D eigenvalue weighted by atomic mass is 10.0. The quantitative estimate of drug-likeness (QED) is 0.574. The molecule has 1 aromatic heterocycles. The average Bonchev–Trinajstić information content (AvgIpc) is 3.38. The molecule has 1 aliphatic carbocycles. The standard InChI is InChI=1S/C22H26N2O2S/c1-24(15-4-16-25)22(13-14-22)12-11-17-7-9-18(10-8-17)26-21-23-19-5-2-3-6-20(19)27-21/h2-3,5-10,25H,4,11-16H2,1H3. The highest BCUT2D eigenvalue weighted by atomic mass is 32.1. The molecule has 0 spiro atoms. The summed E-state index contributed by atoms with van der Waals surface area (Å²) < 4.78 is 7.08. The first-order valence-electron chi connectivity index (χ1n) is 9.63. The number of nitrogens with zero attached hydrogens (tertiary/aromatic N) is 2. The number of thiazole rings is 1. The molecule has 0 saturated heterocycles. The van der Waals surface area contributed by atoms with Gasteiger partial charge in [-0.1, -0.05) is 35.6 Å². The van der Waals surface area contributed by atoms with Gasteiger partial charge in [-0.3, -0.25) is 0 Å². The topological polar surface area (TPSA) is 45.6 Å². The molecule has 0 bridgehead atoms. The molecular weight excluding hydrogens is 356 g/mol. The van der Waals surface area contributed by atoms with Gasteiger partial charge in [-0.25, -0.2) is 4.98 Å². The molecule has 0 atom stereocenters. The van der Waals surface area contributed by atoms with Crippen LogP contribution in [0.15, 0.2) is 48.5 Å². The Balaban J connectivity index is 1.33. The maximum atomic E-state index is 9.04. The van der Waals surface area contributed by atoms with Crippen molar-refractivity contribution >= 4 is 21.6 Å². The highest BCUT2D eigenvalue weighted by molar-refractivity contribution is 7.20. The van der Waals surface area contributed by atoms with Gasteiger partial charge in [0.1, 0.15) is 5.75 Å². The number of hydrogen-bond acceptors (Lipinski definition) is 5. The van der Waals surface area contributed by atoms with Crippen molar-refractivity contribution < 1.29 is 9.84 Å². The van der Waals surface area contributed by atoms with E-state index in [4.69, 9.17) is 9.84 Å². The second-order valence-electron chi connectivity index (χ2n) is 7.42. The Kier molecular flexibility index (Phi) is 5.43. The Hall–Kier alpha value is -1.95. The van der Waals surface area contributed by atoms with Gasteiger partial charge in [-0.15, -0.1) is 0 Å². The van der Waals surface area contributed by atoms with Gasteiger partial charge in [0.25, 0.3) is 5.19 Å². The van der Waals surface area contributed by atoms with Crippen LogP contribution in [-0.4, -0.2) is 40.7 Å². The smallest absolute Gasteiger partial charge is 0.279 e. The number of rotatable bonds is 9. The number of fused-ring (bicyclic) bond motifs is 1. The summed E-state index contributed by atoms with van der Waals surface area (Å²) in [6, 6.07) is 16.5. The minimum atomic E-state index is 0.274. The largest absolute Gasteiger partial charge is 0.431 e. The number of aryl methyl sites for hydroxylation is 1. The molecule has 5 heteroatoms. The van der Waals surface area contributed by atoms with Gasteiger partial charge in [0, 0.05) is 18.7 Å². The second kappa shape index (κ2) is 7.97. The third-order valence-electron chi connectivity index (χ3n) is 5.57. The van der Waals surface area contributed by atoms with Crippen LogP contribution in [0, 0.1) is 0 Å². The van der Waals surface area contributed by atoms with E-state index >= 15 is 0 Å². The first kappa shape index (κ1) is 18.4. The number of aliphatic hydroxyl groups excluding tert-OH is 1. The number of aliphatic hydroxyl groups is 1.